The van der Waals surface area contributed by atoms with Crippen molar-refractivity contribution in [2.24, 2.45) is 5.41 Å². The molecule has 1 heterocycles. The van der Waals surface area contributed by atoms with Crippen LogP contribution < -0.4 is 5.73 Å². The first-order chi connectivity index (χ1) is 6.63. The average Bonchev–Trinajstić information content (AvgIpc) is 2.26. The fraction of sp³-hybridized carbons (Fsp3) is 0.700. The maximum atomic E-state index is 13.3. The quantitative estimate of drug-likeness (QED) is 0.845. The van der Waals surface area contributed by atoms with Crippen LogP contribution in [-0.2, 0) is 6.54 Å². The molecule has 1 aromatic rings. The van der Waals surface area contributed by atoms with Crippen molar-refractivity contribution in [1.29, 1.82) is 0 Å². The molecular weight excluding hydrogens is 200 g/mol. The van der Waals surface area contributed by atoms with E-state index >= 15 is 0 Å². The summed E-state index contributed by atoms with van der Waals surface area (Å²) in [5.74, 6) is -2.39. The second-order valence-corrected chi connectivity index (χ2v) is 4.64. The Bertz CT molecular complexity index is 350. The maximum absolute atomic E-state index is 13.3. The van der Waals surface area contributed by atoms with Gasteiger partial charge in [-0.15, -0.1) is 0 Å². The van der Waals surface area contributed by atoms with Crippen LogP contribution in [0.2, 0.25) is 0 Å². The summed E-state index contributed by atoms with van der Waals surface area (Å²) in [6.45, 7) is 5.91. The summed E-state index contributed by atoms with van der Waals surface area (Å²) in [5.41, 5.74) is 5.14. The van der Waals surface area contributed by atoms with Crippen molar-refractivity contribution in [3.05, 3.63) is 11.8 Å². The molecule has 0 fully saturated rings. The number of halogens is 2. The predicted molar refractivity (Wildman–Crippen MR) is 55.8 cm³/mol. The molecule has 0 aromatic carbocycles. The third-order valence-corrected chi connectivity index (χ3v) is 2.73. The molecule has 0 amide bonds. The average molecular weight is 217 g/mol. The van der Waals surface area contributed by atoms with Crippen molar-refractivity contribution in [3.63, 3.8) is 0 Å². The van der Waals surface area contributed by atoms with Gasteiger partial charge in [-0.1, -0.05) is 13.8 Å². The molecule has 5 heteroatoms. The van der Waals surface area contributed by atoms with Gasteiger partial charge in [-0.2, -0.15) is 5.10 Å². The van der Waals surface area contributed by atoms with Gasteiger partial charge >= 0.3 is 0 Å². The number of alkyl halides is 2. The molecule has 0 atom stereocenters. The van der Waals surface area contributed by atoms with Crippen molar-refractivity contribution in [1.82, 2.24) is 9.78 Å². The van der Waals surface area contributed by atoms with E-state index in [1.807, 2.05) is 0 Å². The Morgan fingerprint density at radius 2 is 1.93 bits per heavy atom. The Hall–Kier alpha value is -1.13. The third kappa shape index (κ3) is 2.46. The monoisotopic (exact) mass is 217 g/mol. The zero-order chi connectivity index (χ0) is 11.9. The summed E-state index contributed by atoms with van der Waals surface area (Å²) in [4.78, 5) is 0. The number of nitrogen functional groups attached to an aromatic ring is 1. The van der Waals surface area contributed by atoms with Crippen LogP contribution >= 0.6 is 0 Å². The van der Waals surface area contributed by atoms with Gasteiger partial charge in [-0.25, -0.2) is 8.78 Å². The molecule has 0 unspecified atom stereocenters. The Kier molecular flexibility index (Phi) is 2.76. The predicted octanol–water partition coefficient (Wildman–Crippen LogP) is 2.46. The number of rotatable bonds is 3. The van der Waals surface area contributed by atoms with E-state index in [0.29, 0.717) is 5.82 Å². The molecular formula is C10H17F2N3. The molecule has 86 valence electrons. The van der Waals surface area contributed by atoms with Gasteiger partial charge < -0.3 is 5.73 Å². The van der Waals surface area contributed by atoms with Crippen molar-refractivity contribution >= 4 is 5.82 Å². The normalized spacial score (nSPS) is 13.2. The molecule has 3 nitrogen and oxygen atoms in total. The molecule has 15 heavy (non-hydrogen) atoms. The van der Waals surface area contributed by atoms with Gasteiger partial charge in [-0.3, -0.25) is 4.68 Å². The first-order valence-electron chi connectivity index (χ1n) is 4.81. The minimum absolute atomic E-state index is 0.152. The third-order valence-electron chi connectivity index (χ3n) is 2.73. The Morgan fingerprint density at radius 3 is 2.27 bits per heavy atom. The molecule has 0 saturated heterocycles. The molecule has 0 saturated carbocycles. The van der Waals surface area contributed by atoms with Crippen molar-refractivity contribution in [3.8, 4) is 0 Å². The lowest BCUT2D eigenvalue weighted by molar-refractivity contribution is -0.0974. The molecule has 1 rings (SSSR count). The van der Waals surface area contributed by atoms with Gasteiger partial charge in [0.25, 0.3) is 5.92 Å². The van der Waals surface area contributed by atoms with Crippen LogP contribution in [0, 0.1) is 12.3 Å². The minimum Gasteiger partial charge on any atom is -0.382 e. The first-order valence-corrected chi connectivity index (χ1v) is 4.81. The lowest BCUT2D eigenvalue weighted by Crippen LogP contribution is -2.37. The van der Waals surface area contributed by atoms with Crippen LogP contribution in [0.3, 0.4) is 0 Å². The minimum atomic E-state index is -2.75. The summed E-state index contributed by atoms with van der Waals surface area (Å²) in [6.07, 6.45) is 0. The maximum Gasteiger partial charge on any atom is 0.252 e. The summed E-state index contributed by atoms with van der Waals surface area (Å²) in [6, 6.07) is 1.67. The number of hydrogen-bond donors (Lipinski definition) is 1. The molecule has 0 aliphatic carbocycles. The van der Waals surface area contributed by atoms with Crippen LogP contribution in [0.4, 0.5) is 14.6 Å². The van der Waals surface area contributed by atoms with Gasteiger partial charge in [0.1, 0.15) is 5.82 Å². The van der Waals surface area contributed by atoms with Gasteiger partial charge in [0.15, 0.2) is 0 Å². The molecule has 0 bridgehead atoms. The highest BCUT2D eigenvalue weighted by Gasteiger charge is 2.42. The van der Waals surface area contributed by atoms with Gasteiger partial charge in [0.2, 0.25) is 0 Å². The Labute approximate surface area is 88.3 Å². The highest BCUT2D eigenvalue weighted by molar-refractivity contribution is 5.28. The van der Waals surface area contributed by atoms with Crippen LogP contribution in [-0.4, -0.2) is 15.7 Å². The molecule has 0 spiro atoms. The SMILES string of the molecule is Cc1cc(N)nn1CC(C)(C)C(C)(F)F. The lowest BCUT2D eigenvalue weighted by Gasteiger charge is -2.31. The van der Waals surface area contributed by atoms with Gasteiger partial charge in [0, 0.05) is 17.2 Å². The highest BCUT2D eigenvalue weighted by Crippen LogP contribution is 2.37. The van der Waals surface area contributed by atoms with E-state index in [4.69, 9.17) is 5.73 Å². The number of aryl methyl sites for hydroxylation is 1. The van der Waals surface area contributed by atoms with Crippen LogP contribution in [0.1, 0.15) is 26.5 Å². The largest absolute Gasteiger partial charge is 0.382 e. The van der Waals surface area contributed by atoms with Crippen molar-refractivity contribution in [2.45, 2.75) is 40.2 Å². The van der Waals surface area contributed by atoms with E-state index in [0.717, 1.165) is 12.6 Å². The van der Waals surface area contributed by atoms with Crippen LogP contribution in [0.15, 0.2) is 6.07 Å². The molecule has 1 aromatic heterocycles. The fourth-order valence-corrected chi connectivity index (χ4v) is 1.21. The smallest absolute Gasteiger partial charge is 0.252 e. The Balaban J connectivity index is 2.91. The first kappa shape index (κ1) is 11.9. The standard InChI is InChI=1S/C10H17F2N3/c1-7-5-8(13)14-15(7)6-9(2,3)10(4,11)12/h5H,6H2,1-4H3,(H2,13,14). The van der Waals surface area contributed by atoms with Gasteiger partial charge in [0.05, 0.1) is 6.54 Å². The lowest BCUT2D eigenvalue weighted by atomic mass is 9.86. The summed E-state index contributed by atoms with van der Waals surface area (Å²) >= 11 is 0. The number of aromatic nitrogens is 2. The van der Waals surface area contributed by atoms with Crippen molar-refractivity contribution < 1.29 is 8.78 Å². The van der Waals surface area contributed by atoms with E-state index < -0.39 is 11.3 Å². The molecule has 0 aliphatic rings. The van der Waals surface area contributed by atoms with E-state index in [1.54, 1.807) is 13.0 Å². The molecule has 0 aliphatic heterocycles. The summed E-state index contributed by atoms with van der Waals surface area (Å²) in [7, 11) is 0. The fourth-order valence-electron chi connectivity index (χ4n) is 1.21. The van der Waals surface area contributed by atoms with Crippen LogP contribution in [0.5, 0.6) is 0 Å². The van der Waals surface area contributed by atoms with Gasteiger partial charge in [-0.05, 0) is 13.8 Å². The van der Waals surface area contributed by atoms with E-state index in [-0.39, 0.29) is 6.54 Å². The van der Waals surface area contributed by atoms with E-state index in [2.05, 4.69) is 5.10 Å². The number of anilines is 1. The highest BCUT2D eigenvalue weighted by atomic mass is 19.3. The zero-order valence-electron chi connectivity index (χ0n) is 9.51. The molecule has 2 N–H and O–H groups in total. The molecule has 0 radical (unpaired) electrons. The van der Waals surface area contributed by atoms with Crippen molar-refractivity contribution in [2.75, 3.05) is 5.73 Å². The van der Waals surface area contributed by atoms with Crippen LogP contribution in [0.25, 0.3) is 0 Å². The van der Waals surface area contributed by atoms with E-state index in [1.165, 1.54) is 18.5 Å². The summed E-state index contributed by atoms with van der Waals surface area (Å²) < 4.78 is 28.0. The topological polar surface area (TPSA) is 43.8 Å². The zero-order valence-corrected chi connectivity index (χ0v) is 9.51. The van der Waals surface area contributed by atoms with E-state index in [9.17, 15) is 8.78 Å². The Morgan fingerprint density at radius 1 is 1.40 bits per heavy atom. The summed E-state index contributed by atoms with van der Waals surface area (Å²) in [5, 5.41) is 3.97. The second-order valence-electron chi connectivity index (χ2n) is 4.64. The number of nitrogens with two attached hydrogens (primary N) is 1. The number of hydrogen-bond acceptors (Lipinski definition) is 2. The second kappa shape index (κ2) is 3.47. The number of nitrogens with zero attached hydrogens (tertiary/aromatic N) is 2.